The Kier molecular flexibility index (Phi) is 3.47. The summed E-state index contributed by atoms with van der Waals surface area (Å²) in [5.41, 5.74) is 4.32. The van der Waals surface area contributed by atoms with Crippen molar-refractivity contribution in [3.8, 4) is 0 Å². The summed E-state index contributed by atoms with van der Waals surface area (Å²) in [5.74, 6) is -0.333. The first-order chi connectivity index (χ1) is 8.49. The van der Waals surface area contributed by atoms with E-state index < -0.39 is 0 Å². The molecule has 2 rings (SSSR count). The van der Waals surface area contributed by atoms with Crippen LogP contribution in [0.15, 0.2) is 18.2 Å². The molecule has 98 valence electrons. The minimum Gasteiger partial charge on any atom is -0.469 e. The van der Waals surface area contributed by atoms with E-state index in [9.17, 15) is 4.79 Å². The average molecular weight is 246 g/mol. The average Bonchev–Trinajstić information content (AvgIpc) is 2.72. The summed E-state index contributed by atoms with van der Waals surface area (Å²) in [7, 11) is 1.44. The molecule has 0 saturated carbocycles. The highest BCUT2D eigenvalue weighted by Gasteiger charge is 2.31. The maximum Gasteiger partial charge on any atom is 0.312 e. The highest BCUT2D eigenvalue weighted by atomic mass is 16.5. The minimum absolute atomic E-state index is 0.161. The lowest BCUT2D eigenvalue weighted by atomic mass is 9.85. The van der Waals surface area contributed by atoms with E-state index in [1.165, 1.54) is 24.7 Å². The van der Waals surface area contributed by atoms with Crippen LogP contribution in [0.5, 0.6) is 0 Å². The third-order valence-electron chi connectivity index (χ3n) is 4.37. The van der Waals surface area contributed by atoms with Crippen LogP contribution in [0.2, 0.25) is 0 Å². The van der Waals surface area contributed by atoms with Crippen molar-refractivity contribution in [3.63, 3.8) is 0 Å². The number of hydrogen-bond donors (Lipinski definition) is 0. The zero-order valence-corrected chi connectivity index (χ0v) is 11.7. The van der Waals surface area contributed by atoms with Crippen LogP contribution < -0.4 is 0 Å². The molecule has 0 aliphatic heterocycles. The SMILES string of the molecule is CCC1(C)Cc2ccc(C(C)C(=O)OC)cc2C1. The van der Waals surface area contributed by atoms with Crippen LogP contribution >= 0.6 is 0 Å². The van der Waals surface area contributed by atoms with Gasteiger partial charge in [-0.15, -0.1) is 0 Å². The quantitative estimate of drug-likeness (QED) is 0.763. The van der Waals surface area contributed by atoms with E-state index in [1.807, 2.05) is 6.92 Å². The van der Waals surface area contributed by atoms with Crippen LogP contribution in [-0.2, 0) is 22.4 Å². The second kappa shape index (κ2) is 4.75. The smallest absolute Gasteiger partial charge is 0.312 e. The Morgan fingerprint density at radius 2 is 2.06 bits per heavy atom. The molecule has 0 saturated heterocycles. The fraction of sp³-hybridized carbons (Fsp3) is 0.562. The van der Waals surface area contributed by atoms with E-state index >= 15 is 0 Å². The normalized spacial score (nSPS) is 23.6. The molecule has 0 bridgehead atoms. The molecule has 1 aliphatic rings. The lowest BCUT2D eigenvalue weighted by Gasteiger charge is -2.20. The van der Waals surface area contributed by atoms with Crippen LogP contribution in [0.25, 0.3) is 0 Å². The molecular formula is C16H22O2. The van der Waals surface area contributed by atoms with Crippen LogP contribution in [0.3, 0.4) is 0 Å². The molecule has 1 aromatic rings. The predicted octanol–water partition coefficient (Wildman–Crippen LogP) is 3.48. The van der Waals surface area contributed by atoms with Gasteiger partial charge in [-0.05, 0) is 41.9 Å². The second-order valence-electron chi connectivity index (χ2n) is 5.79. The van der Waals surface area contributed by atoms with Gasteiger partial charge in [0.05, 0.1) is 13.0 Å². The summed E-state index contributed by atoms with van der Waals surface area (Å²) in [6, 6.07) is 6.45. The van der Waals surface area contributed by atoms with Gasteiger partial charge in [0.2, 0.25) is 0 Å². The van der Waals surface area contributed by atoms with Crippen LogP contribution in [0.1, 0.15) is 49.8 Å². The van der Waals surface area contributed by atoms with Crippen molar-refractivity contribution in [1.29, 1.82) is 0 Å². The molecule has 2 atom stereocenters. The van der Waals surface area contributed by atoms with Gasteiger partial charge >= 0.3 is 5.97 Å². The third-order valence-corrected chi connectivity index (χ3v) is 4.37. The van der Waals surface area contributed by atoms with Crippen molar-refractivity contribution in [2.45, 2.75) is 46.0 Å². The van der Waals surface area contributed by atoms with Crippen LogP contribution in [-0.4, -0.2) is 13.1 Å². The summed E-state index contributed by atoms with van der Waals surface area (Å²) in [4.78, 5) is 11.6. The highest BCUT2D eigenvalue weighted by molar-refractivity contribution is 5.77. The standard InChI is InChI=1S/C16H22O2/c1-5-16(3)9-13-7-6-12(8-14(13)10-16)11(2)15(17)18-4/h6-8,11H,5,9-10H2,1-4H3. The monoisotopic (exact) mass is 246 g/mol. The van der Waals surface area contributed by atoms with E-state index in [2.05, 4.69) is 32.0 Å². The summed E-state index contributed by atoms with van der Waals surface area (Å²) in [6.45, 7) is 6.50. The topological polar surface area (TPSA) is 26.3 Å². The van der Waals surface area contributed by atoms with E-state index in [4.69, 9.17) is 4.74 Å². The lowest BCUT2D eigenvalue weighted by molar-refractivity contribution is -0.141. The van der Waals surface area contributed by atoms with E-state index in [-0.39, 0.29) is 11.9 Å². The number of fused-ring (bicyclic) bond motifs is 1. The molecule has 0 fully saturated rings. The number of carbonyl (C=O) groups excluding carboxylic acids is 1. The van der Waals surface area contributed by atoms with E-state index in [0.717, 1.165) is 18.4 Å². The van der Waals surface area contributed by atoms with Crippen molar-refractivity contribution in [3.05, 3.63) is 34.9 Å². The van der Waals surface area contributed by atoms with Crippen molar-refractivity contribution in [2.75, 3.05) is 7.11 Å². The van der Waals surface area contributed by atoms with Crippen molar-refractivity contribution < 1.29 is 9.53 Å². The van der Waals surface area contributed by atoms with E-state index in [1.54, 1.807) is 0 Å². The van der Waals surface area contributed by atoms with Gasteiger partial charge in [-0.3, -0.25) is 4.79 Å². The number of esters is 1. The number of hydrogen-bond acceptors (Lipinski definition) is 2. The van der Waals surface area contributed by atoms with Gasteiger partial charge in [0, 0.05) is 0 Å². The molecular weight excluding hydrogens is 224 g/mol. The number of ether oxygens (including phenoxy) is 1. The predicted molar refractivity (Wildman–Crippen MR) is 72.7 cm³/mol. The second-order valence-corrected chi connectivity index (χ2v) is 5.79. The Labute approximate surface area is 109 Å². The Morgan fingerprint density at radius 3 is 2.67 bits per heavy atom. The Bertz CT molecular complexity index is 464. The van der Waals surface area contributed by atoms with Crippen LogP contribution in [0, 0.1) is 5.41 Å². The molecule has 2 unspecified atom stereocenters. The molecule has 0 aromatic heterocycles. The fourth-order valence-corrected chi connectivity index (χ4v) is 2.80. The number of rotatable bonds is 3. The van der Waals surface area contributed by atoms with Gasteiger partial charge in [0.15, 0.2) is 0 Å². The Balaban J connectivity index is 2.26. The summed E-state index contributed by atoms with van der Waals surface area (Å²) in [5, 5.41) is 0. The van der Waals surface area contributed by atoms with Gasteiger partial charge in [-0.25, -0.2) is 0 Å². The molecule has 1 aromatic carbocycles. The van der Waals surface area contributed by atoms with E-state index in [0.29, 0.717) is 5.41 Å². The summed E-state index contributed by atoms with van der Waals surface area (Å²) < 4.78 is 4.81. The van der Waals surface area contributed by atoms with Gasteiger partial charge in [-0.1, -0.05) is 38.5 Å². The van der Waals surface area contributed by atoms with Gasteiger partial charge < -0.3 is 4.74 Å². The van der Waals surface area contributed by atoms with Crippen molar-refractivity contribution in [2.24, 2.45) is 5.41 Å². The molecule has 0 radical (unpaired) electrons. The van der Waals surface area contributed by atoms with Crippen molar-refractivity contribution in [1.82, 2.24) is 0 Å². The lowest BCUT2D eigenvalue weighted by Crippen LogP contribution is -2.14. The first-order valence-corrected chi connectivity index (χ1v) is 6.68. The van der Waals surface area contributed by atoms with Gasteiger partial charge in [0.25, 0.3) is 0 Å². The molecule has 18 heavy (non-hydrogen) atoms. The third kappa shape index (κ3) is 2.29. The maximum atomic E-state index is 11.6. The van der Waals surface area contributed by atoms with Gasteiger partial charge in [-0.2, -0.15) is 0 Å². The first-order valence-electron chi connectivity index (χ1n) is 6.68. The largest absolute Gasteiger partial charge is 0.469 e. The molecule has 2 nitrogen and oxygen atoms in total. The zero-order valence-electron chi connectivity index (χ0n) is 11.7. The zero-order chi connectivity index (χ0) is 13.3. The first kappa shape index (κ1) is 13.1. The molecule has 0 N–H and O–H groups in total. The highest BCUT2D eigenvalue weighted by Crippen LogP contribution is 2.40. The molecule has 0 spiro atoms. The maximum absolute atomic E-state index is 11.6. The van der Waals surface area contributed by atoms with Gasteiger partial charge in [0.1, 0.15) is 0 Å². The number of carbonyl (C=O) groups is 1. The molecule has 1 aliphatic carbocycles. The minimum atomic E-state index is -0.172. The van der Waals surface area contributed by atoms with Crippen LogP contribution in [0.4, 0.5) is 0 Å². The summed E-state index contributed by atoms with van der Waals surface area (Å²) >= 11 is 0. The molecule has 0 heterocycles. The fourth-order valence-electron chi connectivity index (χ4n) is 2.80. The number of methoxy groups -OCH3 is 1. The Hall–Kier alpha value is -1.31. The molecule has 2 heteroatoms. The Morgan fingerprint density at radius 1 is 1.39 bits per heavy atom. The summed E-state index contributed by atoms with van der Waals surface area (Å²) in [6.07, 6.45) is 3.48. The molecule has 0 amide bonds. The van der Waals surface area contributed by atoms with Crippen molar-refractivity contribution >= 4 is 5.97 Å². The number of benzene rings is 1.